The van der Waals surface area contributed by atoms with Gasteiger partial charge in [0.15, 0.2) is 0 Å². The Kier molecular flexibility index (Phi) is 5.04. The fourth-order valence-corrected chi connectivity index (χ4v) is 4.55. The number of nitrogens with zero attached hydrogens (tertiary/aromatic N) is 2. The van der Waals surface area contributed by atoms with Gasteiger partial charge in [-0.1, -0.05) is 35.9 Å². The highest BCUT2D eigenvalue weighted by molar-refractivity contribution is 8.01. The van der Waals surface area contributed by atoms with Crippen molar-refractivity contribution in [2.45, 2.75) is 25.3 Å². The Hall–Kier alpha value is -2.50. The van der Waals surface area contributed by atoms with E-state index in [9.17, 15) is 9.18 Å². The number of anilines is 2. The van der Waals surface area contributed by atoms with Crippen molar-refractivity contribution >= 4 is 41.0 Å². The Morgan fingerprint density at radius 3 is 2.43 bits per heavy atom. The second-order valence-corrected chi connectivity index (χ2v) is 8.16. The molecule has 0 radical (unpaired) electrons. The van der Waals surface area contributed by atoms with Gasteiger partial charge in [0.25, 0.3) is 0 Å². The molecule has 0 spiro atoms. The molecule has 0 aromatic heterocycles. The first-order valence-corrected chi connectivity index (χ1v) is 9.99. The average Bonchev–Trinajstić information content (AvgIpc) is 2.65. The fourth-order valence-electron chi connectivity index (χ4n) is 3.33. The van der Waals surface area contributed by atoms with Crippen LogP contribution in [-0.4, -0.2) is 6.03 Å². The van der Waals surface area contributed by atoms with Gasteiger partial charge in [0, 0.05) is 10.6 Å². The molecular weight excluding hydrogens is 395 g/mol. The molecule has 1 aliphatic rings. The van der Waals surface area contributed by atoms with Gasteiger partial charge in [-0.05, 0) is 73.3 Å². The molecule has 0 atom stereocenters. The van der Waals surface area contributed by atoms with Crippen molar-refractivity contribution in [1.29, 1.82) is 0 Å². The highest BCUT2D eigenvalue weighted by Crippen LogP contribution is 2.42. The van der Waals surface area contributed by atoms with Crippen LogP contribution in [-0.2, 0) is 6.54 Å². The molecule has 0 fully saturated rings. The van der Waals surface area contributed by atoms with Crippen LogP contribution in [0.5, 0.6) is 0 Å². The monoisotopic (exact) mass is 412 g/mol. The number of carbonyl (C=O) groups is 1. The van der Waals surface area contributed by atoms with Gasteiger partial charge in [-0.3, -0.25) is 4.90 Å². The standard InChI is InChI=1S/C22H18ClFN2OS/c1-14-10-15(2)12-16(11-14)26-22(27)25(20-8-3-4-9-21(20)28-26)13-17-18(23)6-5-7-19(17)24/h3-12H,13H2,1-2H3. The topological polar surface area (TPSA) is 23.6 Å². The minimum atomic E-state index is -0.422. The molecule has 0 saturated heterocycles. The molecule has 0 saturated carbocycles. The number of hydrogen-bond donors (Lipinski definition) is 0. The van der Waals surface area contributed by atoms with Crippen molar-refractivity contribution < 1.29 is 9.18 Å². The molecule has 1 aliphatic heterocycles. The Bertz CT molecular complexity index is 1030. The third kappa shape index (κ3) is 3.48. The number of hydrogen-bond acceptors (Lipinski definition) is 2. The zero-order valence-corrected chi connectivity index (χ0v) is 17.0. The summed E-state index contributed by atoms with van der Waals surface area (Å²) in [5.41, 5.74) is 4.00. The normalized spacial score (nSPS) is 13.6. The first-order chi connectivity index (χ1) is 13.4. The number of aryl methyl sites for hydroxylation is 2. The molecule has 3 nitrogen and oxygen atoms in total. The maximum absolute atomic E-state index is 14.4. The first kappa shape index (κ1) is 18.8. The quantitative estimate of drug-likeness (QED) is 0.444. The van der Waals surface area contributed by atoms with Gasteiger partial charge in [0.1, 0.15) is 5.82 Å². The van der Waals surface area contributed by atoms with Gasteiger partial charge in [-0.2, -0.15) is 0 Å². The lowest BCUT2D eigenvalue weighted by atomic mass is 10.1. The van der Waals surface area contributed by atoms with Gasteiger partial charge < -0.3 is 0 Å². The first-order valence-electron chi connectivity index (χ1n) is 8.84. The predicted molar refractivity (Wildman–Crippen MR) is 114 cm³/mol. The minimum absolute atomic E-state index is 0.0587. The molecule has 0 bridgehead atoms. The zero-order valence-electron chi connectivity index (χ0n) is 15.4. The van der Waals surface area contributed by atoms with E-state index in [1.165, 1.54) is 18.0 Å². The number of fused-ring (bicyclic) bond motifs is 1. The highest BCUT2D eigenvalue weighted by atomic mass is 35.5. The van der Waals surface area contributed by atoms with E-state index in [4.69, 9.17) is 11.6 Å². The highest BCUT2D eigenvalue weighted by Gasteiger charge is 2.33. The molecule has 2 amide bonds. The second kappa shape index (κ2) is 7.49. The Labute approximate surface area is 172 Å². The summed E-state index contributed by atoms with van der Waals surface area (Å²) in [6.45, 7) is 4.06. The average molecular weight is 413 g/mol. The Morgan fingerprint density at radius 2 is 1.71 bits per heavy atom. The van der Waals surface area contributed by atoms with Crippen LogP contribution in [0.1, 0.15) is 16.7 Å². The third-order valence-corrected chi connectivity index (χ3v) is 6.01. The summed E-state index contributed by atoms with van der Waals surface area (Å²) < 4.78 is 16.0. The van der Waals surface area contributed by atoms with Crippen LogP contribution >= 0.6 is 23.5 Å². The van der Waals surface area contributed by atoms with Gasteiger partial charge in [-0.25, -0.2) is 13.5 Å². The van der Waals surface area contributed by atoms with Crippen molar-refractivity contribution in [2.75, 3.05) is 9.21 Å². The van der Waals surface area contributed by atoms with Crippen LogP contribution in [0.4, 0.5) is 20.6 Å². The molecule has 28 heavy (non-hydrogen) atoms. The van der Waals surface area contributed by atoms with E-state index >= 15 is 0 Å². The molecule has 3 aromatic rings. The van der Waals surface area contributed by atoms with E-state index in [0.29, 0.717) is 10.6 Å². The second-order valence-electron chi connectivity index (χ2n) is 6.77. The van der Waals surface area contributed by atoms with Crippen LogP contribution in [0.3, 0.4) is 0 Å². The van der Waals surface area contributed by atoms with E-state index in [1.807, 2.05) is 50.2 Å². The van der Waals surface area contributed by atoms with Crippen LogP contribution < -0.4 is 9.21 Å². The van der Waals surface area contributed by atoms with E-state index in [1.54, 1.807) is 21.3 Å². The van der Waals surface area contributed by atoms with Crippen LogP contribution in [0.25, 0.3) is 0 Å². The van der Waals surface area contributed by atoms with E-state index < -0.39 is 5.82 Å². The summed E-state index contributed by atoms with van der Waals surface area (Å²) in [6.07, 6.45) is 0. The van der Waals surface area contributed by atoms with E-state index in [0.717, 1.165) is 27.4 Å². The molecule has 4 rings (SSSR count). The largest absolute Gasteiger partial charge is 0.339 e. The van der Waals surface area contributed by atoms with Crippen molar-refractivity contribution in [3.63, 3.8) is 0 Å². The molecule has 1 heterocycles. The molecule has 142 valence electrons. The molecule has 0 unspecified atom stereocenters. The Morgan fingerprint density at radius 1 is 1.00 bits per heavy atom. The van der Waals surface area contributed by atoms with Crippen LogP contribution in [0.15, 0.2) is 65.6 Å². The van der Waals surface area contributed by atoms with Gasteiger partial charge in [-0.15, -0.1) is 0 Å². The number of rotatable bonds is 3. The smallest absolute Gasteiger partial charge is 0.288 e. The van der Waals surface area contributed by atoms with Gasteiger partial charge in [0.2, 0.25) is 0 Å². The predicted octanol–water partition coefficient (Wildman–Crippen LogP) is 6.75. The fraction of sp³-hybridized carbons (Fsp3) is 0.136. The van der Waals surface area contributed by atoms with E-state index in [2.05, 4.69) is 6.07 Å². The summed E-state index contributed by atoms with van der Waals surface area (Å²) in [7, 11) is 0. The maximum atomic E-state index is 14.4. The summed E-state index contributed by atoms with van der Waals surface area (Å²) in [6, 6.07) is 18.0. The number of benzene rings is 3. The maximum Gasteiger partial charge on any atom is 0.339 e. The lowest BCUT2D eigenvalue weighted by molar-refractivity contribution is 0.254. The van der Waals surface area contributed by atoms with Crippen LogP contribution in [0, 0.1) is 19.7 Å². The molecule has 6 heteroatoms. The van der Waals surface area contributed by atoms with Gasteiger partial charge in [0.05, 0.1) is 22.8 Å². The molecule has 0 aliphatic carbocycles. The van der Waals surface area contributed by atoms with Crippen molar-refractivity contribution in [3.05, 3.63) is 88.2 Å². The minimum Gasteiger partial charge on any atom is -0.288 e. The molecular formula is C22H18ClFN2OS. The summed E-state index contributed by atoms with van der Waals surface area (Å²) >= 11 is 7.60. The lowest BCUT2D eigenvalue weighted by Crippen LogP contribution is -2.43. The number of halogens is 2. The zero-order chi connectivity index (χ0) is 19.8. The SMILES string of the molecule is Cc1cc(C)cc(N2Sc3ccccc3N(Cc3c(F)cccc3Cl)C2=O)c1. The number of para-hydroxylation sites is 1. The number of amides is 2. The lowest BCUT2D eigenvalue weighted by Gasteiger charge is -2.36. The van der Waals surface area contributed by atoms with Gasteiger partial charge >= 0.3 is 6.03 Å². The third-order valence-electron chi connectivity index (χ3n) is 4.57. The van der Waals surface area contributed by atoms with Crippen molar-refractivity contribution in [2.24, 2.45) is 0 Å². The summed E-state index contributed by atoms with van der Waals surface area (Å²) in [5.74, 6) is -0.422. The van der Waals surface area contributed by atoms with Crippen LogP contribution in [0.2, 0.25) is 5.02 Å². The molecule has 3 aromatic carbocycles. The summed E-state index contributed by atoms with van der Waals surface area (Å²) in [4.78, 5) is 15.9. The number of urea groups is 1. The van der Waals surface area contributed by atoms with Crippen molar-refractivity contribution in [1.82, 2.24) is 0 Å². The number of carbonyl (C=O) groups excluding carboxylic acids is 1. The van der Waals surface area contributed by atoms with Crippen molar-refractivity contribution in [3.8, 4) is 0 Å². The summed E-state index contributed by atoms with van der Waals surface area (Å²) in [5, 5.41) is 0.307. The Balaban J connectivity index is 1.79. The molecule has 0 N–H and O–H groups in total. The van der Waals surface area contributed by atoms with E-state index in [-0.39, 0.29) is 12.6 Å².